The first kappa shape index (κ1) is 21.4. The molecule has 1 aromatic carbocycles. The molecule has 0 unspecified atom stereocenters. The quantitative estimate of drug-likeness (QED) is 0.544. The molecule has 1 saturated carbocycles. The van der Waals surface area contributed by atoms with Crippen molar-refractivity contribution in [3.05, 3.63) is 35.4 Å². The molecular formula is C18H29F3S. The molecule has 1 aromatic rings. The van der Waals surface area contributed by atoms with Crippen LogP contribution in [0.15, 0.2) is 24.3 Å². The first-order chi connectivity index (χ1) is 10.3. The van der Waals surface area contributed by atoms with Gasteiger partial charge in [0.1, 0.15) is 0 Å². The Kier molecular flexibility index (Phi) is 10.7. The van der Waals surface area contributed by atoms with Gasteiger partial charge in [-0.1, -0.05) is 76.6 Å². The fourth-order valence-electron chi connectivity index (χ4n) is 2.41. The Morgan fingerprint density at radius 1 is 1.00 bits per heavy atom. The molecular weight excluding hydrogens is 305 g/mol. The highest BCUT2D eigenvalue weighted by molar-refractivity contribution is 7.99. The number of benzene rings is 1. The number of thioether (sulfide) groups is 1. The van der Waals surface area contributed by atoms with E-state index in [9.17, 15) is 13.2 Å². The first-order valence-electron chi connectivity index (χ1n) is 8.05. The molecule has 0 saturated heterocycles. The van der Waals surface area contributed by atoms with Crippen LogP contribution in [-0.4, -0.2) is 11.8 Å². The third-order valence-corrected chi connectivity index (χ3v) is 4.12. The van der Waals surface area contributed by atoms with Crippen LogP contribution in [0.1, 0.15) is 76.3 Å². The van der Waals surface area contributed by atoms with Gasteiger partial charge in [-0.15, -0.1) is 0 Å². The minimum Gasteiger partial charge on any atom is -0.160 e. The molecule has 2 rings (SSSR count). The van der Waals surface area contributed by atoms with Gasteiger partial charge in [0.15, 0.2) is 0 Å². The highest BCUT2D eigenvalue weighted by Crippen LogP contribution is 2.34. The van der Waals surface area contributed by atoms with Crippen molar-refractivity contribution in [1.82, 2.24) is 0 Å². The fourth-order valence-corrected chi connectivity index (χ4v) is 2.41. The Balaban J connectivity index is 0.000000470. The van der Waals surface area contributed by atoms with Gasteiger partial charge in [-0.2, -0.15) is 13.2 Å². The molecule has 1 fully saturated rings. The molecule has 0 heterocycles. The molecule has 1 aliphatic carbocycles. The highest BCUT2D eigenvalue weighted by Gasteiger charge is 2.24. The lowest BCUT2D eigenvalue weighted by atomic mass is 9.94. The number of alkyl halides is 3. The summed E-state index contributed by atoms with van der Waals surface area (Å²) < 4.78 is 32.2. The van der Waals surface area contributed by atoms with Crippen LogP contribution in [0.4, 0.5) is 13.2 Å². The SMILES string of the molecule is CC.CC(C)c1ccc(C2CCCC2)cc1.CSC(F)(F)F. The first-order valence-corrected chi connectivity index (χ1v) is 9.27. The van der Waals surface area contributed by atoms with E-state index in [2.05, 4.69) is 38.1 Å². The summed E-state index contributed by atoms with van der Waals surface area (Å²) in [5.74, 6) is 1.52. The summed E-state index contributed by atoms with van der Waals surface area (Å²) in [6, 6.07) is 9.28. The monoisotopic (exact) mass is 334 g/mol. The highest BCUT2D eigenvalue weighted by atomic mass is 32.2. The maximum absolute atomic E-state index is 10.7. The van der Waals surface area contributed by atoms with Crippen LogP contribution in [0, 0.1) is 0 Å². The maximum atomic E-state index is 10.7. The average Bonchev–Trinajstić information content (AvgIpc) is 3.03. The summed E-state index contributed by atoms with van der Waals surface area (Å²) in [6.45, 7) is 8.51. The Morgan fingerprint density at radius 3 is 1.73 bits per heavy atom. The van der Waals surface area contributed by atoms with E-state index in [1.165, 1.54) is 31.2 Å². The standard InChI is InChI=1S/C14H20.C2H3F3S.C2H6/c1-11(2)12-7-9-14(10-8-12)13-5-3-4-6-13;1-6-2(3,4)5;1-2/h7-11,13H,3-6H2,1-2H3;1H3;1-2H3. The largest absolute Gasteiger partial charge is 0.441 e. The predicted octanol–water partition coefficient (Wildman–Crippen LogP) is 7.36. The lowest BCUT2D eigenvalue weighted by molar-refractivity contribution is -0.0323. The van der Waals surface area contributed by atoms with Gasteiger partial charge < -0.3 is 0 Å². The van der Waals surface area contributed by atoms with Crippen LogP contribution < -0.4 is 0 Å². The molecule has 128 valence electrons. The average molecular weight is 334 g/mol. The van der Waals surface area contributed by atoms with Crippen LogP contribution in [0.3, 0.4) is 0 Å². The molecule has 4 heteroatoms. The van der Waals surface area contributed by atoms with Crippen LogP contribution in [0.5, 0.6) is 0 Å². The molecule has 0 radical (unpaired) electrons. The Labute approximate surface area is 137 Å². The molecule has 0 N–H and O–H groups in total. The van der Waals surface area contributed by atoms with Crippen molar-refractivity contribution in [2.45, 2.75) is 70.7 Å². The van der Waals surface area contributed by atoms with E-state index in [0.29, 0.717) is 5.92 Å². The summed E-state index contributed by atoms with van der Waals surface area (Å²) in [5, 5.41) is 0. The summed E-state index contributed by atoms with van der Waals surface area (Å²) >= 11 is -0.118. The molecule has 22 heavy (non-hydrogen) atoms. The zero-order valence-corrected chi connectivity index (χ0v) is 15.2. The minimum absolute atomic E-state index is 0.118. The molecule has 0 aliphatic heterocycles. The van der Waals surface area contributed by atoms with E-state index >= 15 is 0 Å². The molecule has 0 atom stereocenters. The van der Waals surface area contributed by atoms with Gasteiger partial charge >= 0.3 is 5.51 Å². The van der Waals surface area contributed by atoms with Gasteiger partial charge in [-0.25, -0.2) is 0 Å². The number of halogens is 3. The van der Waals surface area contributed by atoms with Crippen molar-refractivity contribution in [1.29, 1.82) is 0 Å². The molecule has 0 spiro atoms. The lowest BCUT2D eigenvalue weighted by Gasteiger charge is -2.11. The van der Waals surface area contributed by atoms with Gasteiger partial charge in [-0.05, 0) is 42.1 Å². The lowest BCUT2D eigenvalue weighted by Crippen LogP contribution is -1.96. The van der Waals surface area contributed by atoms with E-state index in [1.54, 1.807) is 5.56 Å². The van der Waals surface area contributed by atoms with Crippen molar-refractivity contribution in [3.63, 3.8) is 0 Å². The van der Waals surface area contributed by atoms with Crippen molar-refractivity contribution >= 4 is 11.8 Å². The van der Waals surface area contributed by atoms with E-state index in [4.69, 9.17) is 0 Å². The predicted molar refractivity (Wildman–Crippen MR) is 92.7 cm³/mol. The van der Waals surface area contributed by atoms with Gasteiger partial charge in [0.25, 0.3) is 0 Å². The Morgan fingerprint density at radius 2 is 1.41 bits per heavy atom. The van der Waals surface area contributed by atoms with Crippen molar-refractivity contribution in [2.75, 3.05) is 6.26 Å². The Hall–Kier alpha value is -0.640. The zero-order valence-electron chi connectivity index (χ0n) is 14.3. The fraction of sp³-hybridized carbons (Fsp3) is 0.667. The second-order valence-corrected chi connectivity index (χ2v) is 6.32. The zero-order chi connectivity index (χ0) is 17.2. The number of hydrogen-bond acceptors (Lipinski definition) is 1. The number of rotatable bonds is 2. The number of hydrogen-bond donors (Lipinski definition) is 0. The maximum Gasteiger partial charge on any atom is 0.441 e. The van der Waals surface area contributed by atoms with E-state index < -0.39 is 5.51 Å². The molecule has 0 amide bonds. The summed E-state index contributed by atoms with van der Waals surface area (Å²) in [6.07, 6.45) is 6.66. The van der Waals surface area contributed by atoms with E-state index in [0.717, 1.165) is 12.2 Å². The smallest absolute Gasteiger partial charge is 0.160 e. The van der Waals surface area contributed by atoms with Crippen LogP contribution >= 0.6 is 11.8 Å². The Bertz CT molecular complexity index is 376. The minimum atomic E-state index is -4.04. The molecule has 0 nitrogen and oxygen atoms in total. The van der Waals surface area contributed by atoms with Gasteiger partial charge in [0.05, 0.1) is 0 Å². The topological polar surface area (TPSA) is 0 Å². The van der Waals surface area contributed by atoms with Crippen molar-refractivity contribution < 1.29 is 13.2 Å². The van der Waals surface area contributed by atoms with Gasteiger partial charge in [-0.3, -0.25) is 0 Å². The summed E-state index contributed by atoms with van der Waals surface area (Å²) in [5.41, 5.74) is -1.02. The van der Waals surface area contributed by atoms with Gasteiger partial charge in [0, 0.05) is 0 Å². The van der Waals surface area contributed by atoms with Crippen LogP contribution in [0.2, 0.25) is 0 Å². The van der Waals surface area contributed by atoms with E-state index in [1.807, 2.05) is 13.8 Å². The van der Waals surface area contributed by atoms with Gasteiger partial charge in [0.2, 0.25) is 0 Å². The molecule has 1 aliphatic rings. The second-order valence-electron chi connectivity index (χ2n) is 5.45. The molecule has 0 aromatic heterocycles. The molecule has 0 bridgehead atoms. The van der Waals surface area contributed by atoms with E-state index in [-0.39, 0.29) is 11.8 Å². The third kappa shape index (κ3) is 8.72. The van der Waals surface area contributed by atoms with Crippen molar-refractivity contribution in [2.24, 2.45) is 0 Å². The van der Waals surface area contributed by atoms with Crippen molar-refractivity contribution in [3.8, 4) is 0 Å². The van der Waals surface area contributed by atoms with Crippen LogP contribution in [0.25, 0.3) is 0 Å². The normalized spacial score (nSPS) is 15.0. The second kappa shape index (κ2) is 11.0. The summed E-state index contributed by atoms with van der Waals surface area (Å²) in [4.78, 5) is 0. The third-order valence-electron chi connectivity index (χ3n) is 3.66. The summed E-state index contributed by atoms with van der Waals surface area (Å²) in [7, 11) is 0. The van der Waals surface area contributed by atoms with Crippen LogP contribution in [-0.2, 0) is 0 Å².